The van der Waals surface area contributed by atoms with E-state index in [9.17, 15) is 4.79 Å². The van der Waals surface area contributed by atoms with E-state index in [2.05, 4.69) is 10.6 Å². The molecule has 2 aromatic rings. The molecule has 3 rings (SSSR count). The summed E-state index contributed by atoms with van der Waals surface area (Å²) in [6, 6.07) is 17.9. The van der Waals surface area contributed by atoms with Gasteiger partial charge in [-0.3, -0.25) is 4.79 Å². The zero-order valence-electron chi connectivity index (χ0n) is 14.5. The molecule has 0 aromatic heterocycles. The molecule has 0 spiro atoms. The van der Waals surface area contributed by atoms with Crippen LogP contribution in [0.4, 0.5) is 0 Å². The standard InChI is InChI=1S/C20H24N2O2.ClH/c1-20(11-12-21-15-20)19(23)22-13-17-9-5-6-10-18(17)24-14-16-7-3-2-4-8-16;/h2-10,21H,11-15H2,1H3,(H,22,23);1H. The van der Waals surface area contributed by atoms with Crippen molar-refractivity contribution in [3.63, 3.8) is 0 Å². The summed E-state index contributed by atoms with van der Waals surface area (Å²) >= 11 is 0. The second-order valence-electron chi connectivity index (χ2n) is 6.55. The van der Waals surface area contributed by atoms with Crippen LogP contribution in [0.3, 0.4) is 0 Å². The Labute approximate surface area is 155 Å². The zero-order valence-corrected chi connectivity index (χ0v) is 15.3. The first-order chi connectivity index (χ1) is 11.7. The molecule has 1 heterocycles. The maximum absolute atomic E-state index is 12.4. The van der Waals surface area contributed by atoms with Crippen LogP contribution in [0.15, 0.2) is 54.6 Å². The van der Waals surface area contributed by atoms with Crippen molar-refractivity contribution in [1.29, 1.82) is 0 Å². The number of benzene rings is 2. The first-order valence-corrected chi connectivity index (χ1v) is 8.41. The molecule has 134 valence electrons. The number of nitrogens with one attached hydrogen (secondary N) is 2. The lowest BCUT2D eigenvalue weighted by atomic mass is 9.89. The predicted molar refractivity (Wildman–Crippen MR) is 102 cm³/mol. The van der Waals surface area contributed by atoms with Crippen molar-refractivity contribution >= 4 is 18.3 Å². The highest BCUT2D eigenvalue weighted by Gasteiger charge is 2.35. The first kappa shape index (κ1) is 19.3. The molecule has 0 radical (unpaired) electrons. The third-order valence-corrected chi connectivity index (χ3v) is 4.57. The van der Waals surface area contributed by atoms with Gasteiger partial charge < -0.3 is 15.4 Å². The van der Waals surface area contributed by atoms with Crippen molar-refractivity contribution in [2.45, 2.75) is 26.5 Å². The fourth-order valence-corrected chi connectivity index (χ4v) is 2.93. The number of rotatable bonds is 6. The van der Waals surface area contributed by atoms with Gasteiger partial charge in [0.2, 0.25) is 5.91 Å². The Morgan fingerprint density at radius 1 is 1.16 bits per heavy atom. The van der Waals surface area contributed by atoms with Gasteiger partial charge in [0, 0.05) is 18.7 Å². The Balaban J connectivity index is 0.00000225. The third-order valence-electron chi connectivity index (χ3n) is 4.57. The Kier molecular flexibility index (Phi) is 6.85. The monoisotopic (exact) mass is 360 g/mol. The van der Waals surface area contributed by atoms with Crippen LogP contribution < -0.4 is 15.4 Å². The van der Waals surface area contributed by atoms with Crippen LogP contribution in [-0.4, -0.2) is 19.0 Å². The van der Waals surface area contributed by atoms with E-state index in [-0.39, 0.29) is 23.7 Å². The van der Waals surface area contributed by atoms with Crippen molar-refractivity contribution in [2.24, 2.45) is 5.41 Å². The fourth-order valence-electron chi connectivity index (χ4n) is 2.93. The van der Waals surface area contributed by atoms with E-state index in [0.717, 1.165) is 36.4 Å². The zero-order chi connectivity index (χ0) is 16.8. The van der Waals surface area contributed by atoms with E-state index in [1.165, 1.54) is 0 Å². The molecule has 1 atom stereocenters. The molecular formula is C20H25ClN2O2. The summed E-state index contributed by atoms with van der Waals surface area (Å²) in [5.41, 5.74) is 1.82. The molecule has 0 aliphatic carbocycles. The van der Waals surface area contributed by atoms with Crippen LogP contribution in [0.25, 0.3) is 0 Å². The van der Waals surface area contributed by atoms with Gasteiger partial charge in [0.15, 0.2) is 0 Å². The molecule has 0 saturated carbocycles. The van der Waals surface area contributed by atoms with Gasteiger partial charge in [-0.25, -0.2) is 0 Å². The summed E-state index contributed by atoms with van der Waals surface area (Å²) in [6.07, 6.45) is 0.880. The third kappa shape index (κ3) is 4.97. The molecule has 1 saturated heterocycles. The van der Waals surface area contributed by atoms with Gasteiger partial charge in [-0.1, -0.05) is 48.5 Å². The summed E-state index contributed by atoms with van der Waals surface area (Å²) in [5.74, 6) is 0.918. The number of ether oxygens (including phenoxy) is 1. The molecule has 1 unspecified atom stereocenters. The lowest BCUT2D eigenvalue weighted by Crippen LogP contribution is -2.40. The number of para-hydroxylation sites is 1. The van der Waals surface area contributed by atoms with E-state index >= 15 is 0 Å². The summed E-state index contributed by atoms with van der Waals surface area (Å²) in [7, 11) is 0. The Morgan fingerprint density at radius 3 is 2.60 bits per heavy atom. The average molecular weight is 361 g/mol. The van der Waals surface area contributed by atoms with E-state index in [1.807, 2.05) is 61.5 Å². The molecule has 2 aromatic carbocycles. The number of carbonyl (C=O) groups is 1. The first-order valence-electron chi connectivity index (χ1n) is 8.41. The molecule has 1 fully saturated rings. The summed E-state index contributed by atoms with van der Waals surface area (Å²) in [5, 5.41) is 6.32. The summed E-state index contributed by atoms with van der Waals surface area (Å²) < 4.78 is 5.94. The molecule has 1 aliphatic rings. The van der Waals surface area contributed by atoms with Crippen molar-refractivity contribution < 1.29 is 9.53 Å². The Hall–Kier alpha value is -2.04. The predicted octanol–water partition coefficient (Wildman–Crippen LogP) is 3.30. The van der Waals surface area contributed by atoms with Gasteiger partial charge in [0.1, 0.15) is 12.4 Å². The maximum Gasteiger partial charge on any atom is 0.227 e. The fraction of sp³-hybridized carbons (Fsp3) is 0.350. The smallest absolute Gasteiger partial charge is 0.227 e. The minimum Gasteiger partial charge on any atom is -0.489 e. The van der Waals surface area contributed by atoms with E-state index < -0.39 is 0 Å². The van der Waals surface area contributed by atoms with Crippen LogP contribution >= 0.6 is 12.4 Å². The molecule has 1 amide bonds. The molecular weight excluding hydrogens is 336 g/mol. The van der Waals surface area contributed by atoms with Gasteiger partial charge in [-0.05, 0) is 31.5 Å². The van der Waals surface area contributed by atoms with Gasteiger partial charge in [0.05, 0.1) is 5.41 Å². The number of hydrogen-bond donors (Lipinski definition) is 2. The van der Waals surface area contributed by atoms with Crippen molar-refractivity contribution in [1.82, 2.24) is 10.6 Å². The van der Waals surface area contributed by atoms with E-state index in [0.29, 0.717) is 13.2 Å². The molecule has 1 aliphatic heterocycles. The Morgan fingerprint density at radius 2 is 1.88 bits per heavy atom. The van der Waals surface area contributed by atoms with Gasteiger partial charge in [-0.15, -0.1) is 12.4 Å². The van der Waals surface area contributed by atoms with Crippen LogP contribution in [-0.2, 0) is 17.9 Å². The lowest BCUT2D eigenvalue weighted by molar-refractivity contribution is -0.129. The minimum absolute atomic E-state index is 0. The average Bonchev–Trinajstić information content (AvgIpc) is 3.07. The molecule has 0 bridgehead atoms. The number of hydrogen-bond acceptors (Lipinski definition) is 3. The molecule has 4 nitrogen and oxygen atoms in total. The van der Waals surface area contributed by atoms with Crippen LogP contribution in [0.1, 0.15) is 24.5 Å². The van der Waals surface area contributed by atoms with Crippen LogP contribution in [0.2, 0.25) is 0 Å². The minimum atomic E-state index is -0.306. The highest BCUT2D eigenvalue weighted by molar-refractivity contribution is 5.85. The van der Waals surface area contributed by atoms with Gasteiger partial charge in [-0.2, -0.15) is 0 Å². The topological polar surface area (TPSA) is 50.4 Å². The second kappa shape index (κ2) is 8.88. The molecule has 5 heteroatoms. The van der Waals surface area contributed by atoms with E-state index in [1.54, 1.807) is 0 Å². The van der Waals surface area contributed by atoms with Gasteiger partial charge in [0.25, 0.3) is 0 Å². The molecule has 2 N–H and O–H groups in total. The summed E-state index contributed by atoms with van der Waals surface area (Å²) in [4.78, 5) is 12.4. The van der Waals surface area contributed by atoms with E-state index in [4.69, 9.17) is 4.74 Å². The Bertz CT molecular complexity index is 685. The van der Waals surface area contributed by atoms with Crippen LogP contribution in [0, 0.1) is 5.41 Å². The number of amides is 1. The largest absolute Gasteiger partial charge is 0.489 e. The van der Waals surface area contributed by atoms with Crippen molar-refractivity contribution in [3.8, 4) is 5.75 Å². The van der Waals surface area contributed by atoms with Crippen molar-refractivity contribution in [3.05, 3.63) is 65.7 Å². The maximum atomic E-state index is 12.4. The SMILES string of the molecule is CC1(C(=O)NCc2ccccc2OCc2ccccc2)CCNC1.Cl. The van der Waals surface area contributed by atoms with Crippen molar-refractivity contribution in [2.75, 3.05) is 13.1 Å². The quantitative estimate of drug-likeness (QED) is 0.831. The normalized spacial score (nSPS) is 19.1. The number of halogens is 1. The van der Waals surface area contributed by atoms with Crippen LogP contribution in [0.5, 0.6) is 5.75 Å². The van der Waals surface area contributed by atoms with Gasteiger partial charge >= 0.3 is 0 Å². The highest BCUT2D eigenvalue weighted by Crippen LogP contribution is 2.25. The second-order valence-corrected chi connectivity index (χ2v) is 6.55. The summed E-state index contributed by atoms with van der Waals surface area (Å²) in [6.45, 7) is 4.67. The lowest BCUT2D eigenvalue weighted by Gasteiger charge is -2.22. The number of carbonyl (C=O) groups excluding carboxylic acids is 1. The highest BCUT2D eigenvalue weighted by atomic mass is 35.5. The molecule has 25 heavy (non-hydrogen) atoms.